The fourth-order valence-electron chi connectivity index (χ4n) is 1.98. The predicted molar refractivity (Wildman–Crippen MR) is 59.2 cm³/mol. The van der Waals surface area contributed by atoms with E-state index in [4.69, 9.17) is 15.2 Å². The Morgan fingerprint density at radius 2 is 2.06 bits per heavy atom. The predicted octanol–water partition coefficient (Wildman–Crippen LogP) is 2.20. The van der Waals surface area contributed by atoms with E-state index >= 15 is 0 Å². The van der Waals surface area contributed by atoms with Gasteiger partial charge in [0.15, 0.2) is 0 Å². The second-order valence-corrected chi connectivity index (χ2v) is 4.28. The van der Waals surface area contributed by atoms with Crippen LogP contribution in [0.15, 0.2) is 24.3 Å². The molecule has 1 saturated carbocycles. The molecule has 3 unspecified atom stereocenters. The van der Waals surface area contributed by atoms with E-state index < -0.39 is 11.7 Å². The van der Waals surface area contributed by atoms with Gasteiger partial charge in [0.1, 0.15) is 18.0 Å². The molecule has 2 N–H and O–H groups in total. The summed E-state index contributed by atoms with van der Waals surface area (Å²) in [6, 6.07) is 4.68. The zero-order valence-electron chi connectivity index (χ0n) is 9.78. The quantitative estimate of drug-likeness (QED) is 0.907. The smallest absolute Gasteiger partial charge is 0.416 e. The Hall–Kier alpha value is -1.27. The molecule has 0 aromatic heterocycles. The summed E-state index contributed by atoms with van der Waals surface area (Å²) < 4.78 is 48.1. The van der Waals surface area contributed by atoms with Crippen LogP contribution in [0.3, 0.4) is 0 Å². The molecule has 18 heavy (non-hydrogen) atoms. The Morgan fingerprint density at radius 3 is 2.61 bits per heavy atom. The summed E-state index contributed by atoms with van der Waals surface area (Å²) in [5, 5.41) is 0. The summed E-state index contributed by atoms with van der Waals surface area (Å²) in [7, 11) is 1.51. The SMILES string of the molecule is COC1C(N)CC1Oc1cccc(C(F)(F)F)c1. The Morgan fingerprint density at radius 1 is 1.33 bits per heavy atom. The Balaban J connectivity index is 2.07. The van der Waals surface area contributed by atoms with Gasteiger partial charge in [0, 0.05) is 19.6 Å². The van der Waals surface area contributed by atoms with Crippen LogP contribution >= 0.6 is 0 Å². The van der Waals surface area contributed by atoms with Gasteiger partial charge in [-0.2, -0.15) is 13.2 Å². The first-order valence-corrected chi connectivity index (χ1v) is 5.54. The van der Waals surface area contributed by atoms with Crippen LogP contribution in [-0.4, -0.2) is 25.4 Å². The number of nitrogens with two attached hydrogens (primary N) is 1. The van der Waals surface area contributed by atoms with Crippen molar-refractivity contribution in [2.45, 2.75) is 30.8 Å². The number of hydrogen-bond acceptors (Lipinski definition) is 3. The molecule has 2 rings (SSSR count). The second-order valence-electron chi connectivity index (χ2n) is 4.28. The fraction of sp³-hybridized carbons (Fsp3) is 0.500. The van der Waals surface area contributed by atoms with Gasteiger partial charge in [-0.1, -0.05) is 6.07 Å². The van der Waals surface area contributed by atoms with Crippen LogP contribution in [0.4, 0.5) is 13.2 Å². The average Bonchev–Trinajstić information content (AvgIpc) is 2.28. The number of hydrogen-bond donors (Lipinski definition) is 1. The third-order valence-corrected chi connectivity index (χ3v) is 3.01. The van der Waals surface area contributed by atoms with Crippen LogP contribution in [-0.2, 0) is 10.9 Å². The van der Waals surface area contributed by atoms with E-state index in [2.05, 4.69) is 0 Å². The Kier molecular flexibility index (Phi) is 3.49. The molecule has 0 amide bonds. The minimum Gasteiger partial charge on any atom is -0.488 e. The molecular formula is C12H14F3NO2. The maximum Gasteiger partial charge on any atom is 0.416 e. The normalized spacial score (nSPS) is 27.7. The van der Waals surface area contributed by atoms with Gasteiger partial charge in [-0.25, -0.2) is 0 Å². The van der Waals surface area contributed by atoms with Gasteiger partial charge >= 0.3 is 6.18 Å². The second kappa shape index (κ2) is 4.78. The number of methoxy groups -OCH3 is 1. The standard InChI is InChI=1S/C12H14F3NO2/c1-17-11-9(16)6-10(11)18-8-4-2-3-7(5-8)12(13,14)15/h2-5,9-11H,6,16H2,1H3. The number of benzene rings is 1. The van der Waals surface area contributed by atoms with Crippen LogP contribution in [0.2, 0.25) is 0 Å². The first-order valence-electron chi connectivity index (χ1n) is 5.54. The molecule has 0 saturated heterocycles. The van der Waals surface area contributed by atoms with Gasteiger partial charge in [-0.05, 0) is 18.2 Å². The van der Waals surface area contributed by atoms with E-state index in [-0.39, 0.29) is 24.0 Å². The van der Waals surface area contributed by atoms with E-state index in [9.17, 15) is 13.2 Å². The molecule has 0 bridgehead atoms. The molecule has 1 aromatic rings. The van der Waals surface area contributed by atoms with E-state index in [1.807, 2.05) is 0 Å². The highest BCUT2D eigenvalue weighted by atomic mass is 19.4. The van der Waals surface area contributed by atoms with Crippen LogP contribution in [0.1, 0.15) is 12.0 Å². The molecule has 6 heteroatoms. The van der Waals surface area contributed by atoms with Crippen LogP contribution in [0.25, 0.3) is 0 Å². The molecule has 1 aromatic carbocycles. The molecule has 1 aliphatic rings. The molecule has 1 fully saturated rings. The molecule has 0 heterocycles. The van der Waals surface area contributed by atoms with E-state index in [0.29, 0.717) is 6.42 Å². The molecule has 3 atom stereocenters. The van der Waals surface area contributed by atoms with Crippen molar-refractivity contribution in [2.24, 2.45) is 5.73 Å². The molecule has 0 aliphatic heterocycles. The lowest BCUT2D eigenvalue weighted by molar-refractivity contribution is -0.137. The van der Waals surface area contributed by atoms with Gasteiger partial charge in [0.25, 0.3) is 0 Å². The average molecular weight is 261 g/mol. The maximum atomic E-state index is 12.5. The van der Waals surface area contributed by atoms with E-state index in [1.54, 1.807) is 0 Å². The fourth-order valence-corrected chi connectivity index (χ4v) is 1.98. The topological polar surface area (TPSA) is 44.5 Å². The lowest BCUT2D eigenvalue weighted by atomic mass is 9.86. The first-order chi connectivity index (χ1) is 8.41. The van der Waals surface area contributed by atoms with Crippen LogP contribution in [0.5, 0.6) is 5.75 Å². The Labute approximate surface area is 103 Å². The Bertz CT molecular complexity index is 422. The van der Waals surface area contributed by atoms with Crippen LogP contribution < -0.4 is 10.5 Å². The number of halogens is 3. The van der Waals surface area contributed by atoms with Crippen molar-refractivity contribution in [3.05, 3.63) is 29.8 Å². The monoisotopic (exact) mass is 261 g/mol. The highest BCUT2D eigenvalue weighted by Gasteiger charge is 2.41. The minimum absolute atomic E-state index is 0.120. The molecule has 0 radical (unpaired) electrons. The number of alkyl halides is 3. The summed E-state index contributed by atoms with van der Waals surface area (Å²) in [5.41, 5.74) is 4.97. The highest BCUT2D eigenvalue weighted by molar-refractivity contribution is 5.30. The lowest BCUT2D eigenvalue weighted by Crippen LogP contribution is -2.59. The summed E-state index contributed by atoms with van der Waals surface area (Å²) in [5.74, 6) is 0.184. The lowest BCUT2D eigenvalue weighted by Gasteiger charge is -2.41. The molecule has 1 aliphatic carbocycles. The van der Waals surface area contributed by atoms with Crippen molar-refractivity contribution < 1.29 is 22.6 Å². The summed E-state index contributed by atoms with van der Waals surface area (Å²) in [6.45, 7) is 0. The van der Waals surface area contributed by atoms with Gasteiger partial charge < -0.3 is 15.2 Å². The first kappa shape index (κ1) is 13.2. The van der Waals surface area contributed by atoms with E-state index in [0.717, 1.165) is 12.1 Å². The van der Waals surface area contributed by atoms with Crippen molar-refractivity contribution in [3.8, 4) is 5.75 Å². The summed E-state index contributed by atoms with van der Waals surface area (Å²) >= 11 is 0. The largest absolute Gasteiger partial charge is 0.488 e. The summed E-state index contributed by atoms with van der Waals surface area (Å²) in [6.07, 6.45) is -4.34. The van der Waals surface area contributed by atoms with Crippen LogP contribution in [0, 0.1) is 0 Å². The third-order valence-electron chi connectivity index (χ3n) is 3.01. The summed E-state index contributed by atoms with van der Waals surface area (Å²) in [4.78, 5) is 0. The molecular weight excluding hydrogens is 247 g/mol. The highest BCUT2D eigenvalue weighted by Crippen LogP contribution is 2.33. The molecule has 0 spiro atoms. The van der Waals surface area contributed by atoms with Crippen molar-refractivity contribution in [2.75, 3.05) is 7.11 Å². The minimum atomic E-state index is -4.37. The van der Waals surface area contributed by atoms with Gasteiger partial charge in [-0.3, -0.25) is 0 Å². The molecule has 3 nitrogen and oxygen atoms in total. The zero-order valence-corrected chi connectivity index (χ0v) is 9.78. The van der Waals surface area contributed by atoms with E-state index in [1.165, 1.54) is 19.2 Å². The van der Waals surface area contributed by atoms with Gasteiger partial charge in [-0.15, -0.1) is 0 Å². The number of rotatable bonds is 3. The van der Waals surface area contributed by atoms with Crippen molar-refractivity contribution in [1.29, 1.82) is 0 Å². The van der Waals surface area contributed by atoms with Crippen molar-refractivity contribution >= 4 is 0 Å². The van der Waals surface area contributed by atoms with Gasteiger partial charge in [0.2, 0.25) is 0 Å². The van der Waals surface area contributed by atoms with Crippen molar-refractivity contribution in [3.63, 3.8) is 0 Å². The van der Waals surface area contributed by atoms with Crippen molar-refractivity contribution in [1.82, 2.24) is 0 Å². The maximum absolute atomic E-state index is 12.5. The third kappa shape index (κ3) is 2.59. The zero-order chi connectivity index (χ0) is 13.3. The molecule has 100 valence electrons. The van der Waals surface area contributed by atoms with Gasteiger partial charge in [0.05, 0.1) is 5.56 Å². The number of ether oxygens (including phenoxy) is 2.